The third-order valence-corrected chi connectivity index (χ3v) is 4.55. The van der Waals surface area contributed by atoms with Crippen LogP contribution in [0, 0.1) is 5.92 Å². The Labute approximate surface area is 121 Å². The van der Waals surface area contributed by atoms with Gasteiger partial charge in [0.25, 0.3) is 0 Å². The maximum Gasteiger partial charge on any atom is 0.162 e. The molecule has 0 aliphatic heterocycles. The summed E-state index contributed by atoms with van der Waals surface area (Å²) in [7, 11) is 0. The Bertz CT molecular complexity index is 577. The summed E-state index contributed by atoms with van der Waals surface area (Å²) in [5, 5.41) is 0. The van der Waals surface area contributed by atoms with Gasteiger partial charge in [-0.25, -0.2) is 0 Å². The van der Waals surface area contributed by atoms with Crippen LogP contribution < -0.4 is 0 Å². The van der Waals surface area contributed by atoms with E-state index in [0.717, 1.165) is 24.8 Å². The van der Waals surface area contributed by atoms with Gasteiger partial charge in [-0.05, 0) is 55.2 Å². The number of hydrogen-bond donors (Lipinski definition) is 0. The molecule has 4 bridgehead atoms. The molecule has 5 aliphatic carbocycles. The van der Waals surface area contributed by atoms with E-state index in [-0.39, 0.29) is 5.78 Å². The predicted octanol–water partition coefficient (Wildman–Crippen LogP) is 4.66. The molecule has 0 heterocycles. The molecule has 1 aromatic rings. The highest BCUT2D eigenvalue weighted by Crippen LogP contribution is 2.27. The van der Waals surface area contributed by atoms with Gasteiger partial charge in [0.05, 0.1) is 0 Å². The highest BCUT2D eigenvalue weighted by Gasteiger charge is 2.15. The number of carbonyl (C=O) groups excluding carboxylic acids is 1. The average molecular weight is 266 g/mol. The smallest absolute Gasteiger partial charge is 0.162 e. The van der Waals surface area contributed by atoms with Crippen LogP contribution in [0.15, 0.2) is 42.0 Å². The number of rotatable bonds is 2. The van der Waals surface area contributed by atoms with Crippen molar-refractivity contribution in [1.82, 2.24) is 0 Å². The Morgan fingerprint density at radius 3 is 2.90 bits per heavy atom. The van der Waals surface area contributed by atoms with Crippen molar-refractivity contribution in [2.75, 3.05) is 0 Å². The van der Waals surface area contributed by atoms with E-state index < -0.39 is 0 Å². The molecular weight excluding hydrogens is 244 g/mol. The fraction of sp³-hybridized carbons (Fsp3) is 0.421. The SMILES string of the molecule is CCC(=O)c1cc2ccc1CCC1=CCC(C=C1)CC2. The largest absolute Gasteiger partial charge is 0.294 e. The zero-order valence-electron chi connectivity index (χ0n) is 12.2. The molecule has 0 fully saturated rings. The van der Waals surface area contributed by atoms with Crippen LogP contribution in [0.2, 0.25) is 0 Å². The zero-order chi connectivity index (χ0) is 13.9. The molecule has 104 valence electrons. The highest BCUT2D eigenvalue weighted by molar-refractivity contribution is 5.97. The van der Waals surface area contributed by atoms with E-state index in [2.05, 4.69) is 36.4 Å². The number of allylic oxidation sites excluding steroid dienone is 4. The van der Waals surface area contributed by atoms with E-state index in [1.807, 2.05) is 6.92 Å². The minimum absolute atomic E-state index is 0.286. The van der Waals surface area contributed by atoms with Crippen LogP contribution in [0.1, 0.15) is 54.1 Å². The second-order valence-electron chi connectivity index (χ2n) is 5.94. The predicted molar refractivity (Wildman–Crippen MR) is 83.0 cm³/mol. The highest BCUT2D eigenvalue weighted by atomic mass is 16.1. The first kappa shape index (κ1) is 13.4. The fourth-order valence-corrected chi connectivity index (χ4v) is 3.19. The monoisotopic (exact) mass is 266 g/mol. The Morgan fingerprint density at radius 2 is 2.15 bits per heavy atom. The summed E-state index contributed by atoms with van der Waals surface area (Å²) in [5.74, 6) is 0.955. The fourth-order valence-electron chi connectivity index (χ4n) is 3.19. The van der Waals surface area contributed by atoms with Crippen LogP contribution in [0.3, 0.4) is 0 Å². The van der Waals surface area contributed by atoms with Crippen molar-refractivity contribution in [1.29, 1.82) is 0 Å². The van der Waals surface area contributed by atoms with Crippen molar-refractivity contribution in [2.45, 2.75) is 45.4 Å². The van der Waals surface area contributed by atoms with E-state index in [0.29, 0.717) is 12.3 Å². The van der Waals surface area contributed by atoms with E-state index in [9.17, 15) is 4.79 Å². The van der Waals surface area contributed by atoms with Gasteiger partial charge >= 0.3 is 0 Å². The molecule has 0 aromatic heterocycles. The summed E-state index contributed by atoms with van der Waals surface area (Å²) in [6.45, 7) is 1.95. The molecule has 0 N–H and O–H groups in total. The van der Waals surface area contributed by atoms with Crippen molar-refractivity contribution in [3.8, 4) is 0 Å². The molecule has 1 atom stereocenters. The molecule has 20 heavy (non-hydrogen) atoms. The second kappa shape index (κ2) is 5.78. The van der Waals surface area contributed by atoms with E-state index in [1.54, 1.807) is 0 Å². The van der Waals surface area contributed by atoms with Gasteiger partial charge in [-0.1, -0.05) is 42.9 Å². The van der Waals surface area contributed by atoms with Crippen molar-refractivity contribution in [3.05, 3.63) is 58.7 Å². The van der Waals surface area contributed by atoms with Crippen LogP contribution in [-0.4, -0.2) is 5.78 Å². The first-order chi connectivity index (χ1) is 9.76. The third kappa shape index (κ3) is 2.77. The van der Waals surface area contributed by atoms with Gasteiger partial charge in [0.1, 0.15) is 0 Å². The maximum absolute atomic E-state index is 12.2. The van der Waals surface area contributed by atoms with Gasteiger partial charge in [-0.15, -0.1) is 0 Å². The van der Waals surface area contributed by atoms with Crippen molar-refractivity contribution >= 4 is 5.78 Å². The van der Waals surface area contributed by atoms with Crippen molar-refractivity contribution < 1.29 is 4.79 Å². The van der Waals surface area contributed by atoms with E-state index in [1.165, 1.54) is 29.5 Å². The molecule has 6 rings (SSSR count). The topological polar surface area (TPSA) is 17.1 Å². The molecule has 0 radical (unpaired) electrons. The van der Waals surface area contributed by atoms with Gasteiger partial charge in [-0.3, -0.25) is 4.79 Å². The second-order valence-corrected chi connectivity index (χ2v) is 5.94. The van der Waals surface area contributed by atoms with Gasteiger partial charge in [0.15, 0.2) is 5.78 Å². The molecule has 1 aromatic carbocycles. The van der Waals surface area contributed by atoms with E-state index >= 15 is 0 Å². The van der Waals surface area contributed by atoms with Crippen molar-refractivity contribution in [3.63, 3.8) is 0 Å². The standard InChI is InChI=1S/C19H22O/c1-2-19(20)18-13-16-8-7-14-3-5-15(6-4-14)9-11-17(18)12-10-16/h3,5-6,10,12-14H,2,4,7-9,11H2,1H3. The normalized spacial score (nSPS) is 21.2. The molecule has 1 nitrogen and oxygen atoms in total. The van der Waals surface area contributed by atoms with Gasteiger partial charge in [-0.2, -0.15) is 0 Å². The van der Waals surface area contributed by atoms with Crippen LogP contribution in [0.4, 0.5) is 0 Å². The van der Waals surface area contributed by atoms with Gasteiger partial charge < -0.3 is 0 Å². The van der Waals surface area contributed by atoms with Crippen LogP contribution in [0.25, 0.3) is 0 Å². The minimum atomic E-state index is 0.286. The van der Waals surface area contributed by atoms with Crippen LogP contribution in [-0.2, 0) is 12.8 Å². The molecule has 5 aliphatic rings. The molecule has 0 spiro atoms. The van der Waals surface area contributed by atoms with Crippen LogP contribution in [0.5, 0.6) is 0 Å². The Morgan fingerprint density at radius 1 is 1.25 bits per heavy atom. The lowest BCUT2D eigenvalue weighted by atomic mass is 9.86. The molecule has 0 saturated carbocycles. The average Bonchev–Trinajstić information content (AvgIpc) is 2.49. The molecule has 0 saturated heterocycles. The van der Waals surface area contributed by atoms with Gasteiger partial charge in [0, 0.05) is 12.0 Å². The summed E-state index contributed by atoms with van der Waals surface area (Å²) in [4.78, 5) is 12.2. The quantitative estimate of drug-likeness (QED) is 0.711. The lowest BCUT2D eigenvalue weighted by molar-refractivity contribution is 0.0987. The molecule has 0 amide bonds. The molecular formula is C19H22O. The maximum atomic E-state index is 12.2. The number of aryl methyl sites for hydroxylation is 2. The van der Waals surface area contributed by atoms with E-state index in [4.69, 9.17) is 0 Å². The molecule has 1 unspecified atom stereocenters. The number of hydrogen-bond acceptors (Lipinski definition) is 1. The summed E-state index contributed by atoms with van der Waals surface area (Å²) in [6, 6.07) is 6.54. The number of Topliss-reactive ketones (excluding diaryl/α,β-unsaturated/α-hetero) is 1. The lowest BCUT2D eigenvalue weighted by Gasteiger charge is -2.19. The zero-order valence-corrected chi connectivity index (χ0v) is 12.2. The summed E-state index contributed by atoms with van der Waals surface area (Å²) >= 11 is 0. The number of benzene rings is 1. The molecule has 1 heteroatoms. The first-order valence-corrected chi connectivity index (χ1v) is 7.78. The summed E-state index contributed by atoms with van der Waals surface area (Å²) in [6.07, 6.45) is 13.1. The third-order valence-electron chi connectivity index (χ3n) is 4.55. The summed E-state index contributed by atoms with van der Waals surface area (Å²) < 4.78 is 0. The summed E-state index contributed by atoms with van der Waals surface area (Å²) in [5.41, 5.74) is 4.93. The van der Waals surface area contributed by atoms with Crippen LogP contribution >= 0.6 is 0 Å². The Kier molecular flexibility index (Phi) is 3.86. The minimum Gasteiger partial charge on any atom is -0.294 e. The first-order valence-electron chi connectivity index (χ1n) is 7.78. The lowest BCUT2D eigenvalue weighted by Crippen LogP contribution is -2.08. The number of carbonyl (C=O) groups is 1. The van der Waals surface area contributed by atoms with Crippen molar-refractivity contribution in [2.24, 2.45) is 5.92 Å². The number of ketones is 1. The Hall–Kier alpha value is -1.63. The van der Waals surface area contributed by atoms with Gasteiger partial charge in [0.2, 0.25) is 0 Å². The Balaban J connectivity index is 1.96.